The molecule has 0 radical (unpaired) electrons. The topological polar surface area (TPSA) is 94.8 Å². The first-order valence-corrected chi connectivity index (χ1v) is 9.65. The number of rotatable bonds is 3. The molecule has 0 saturated carbocycles. The van der Waals surface area contributed by atoms with E-state index in [-0.39, 0.29) is 18.0 Å². The van der Waals surface area contributed by atoms with Crippen molar-refractivity contribution >= 4 is 28.8 Å². The molecule has 0 spiro atoms. The van der Waals surface area contributed by atoms with E-state index in [1.54, 1.807) is 23.0 Å². The van der Waals surface area contributed by atoms with Gasteiger partial charge in [-0.25, -0.2) is 9.78 Å². The standard InChI is InChI=1S/C22H20N6O2/c1-22(2,3)14-4-7-16(8-5-14)28-19-18(26-27-28)11-23-21(25-19)24-15-6-9-17-13(10-15)12-30-20(17)29/h4-11H,12H2,1-3H3,(H,23,24,25). The van der Waals surface area contributed by atoms with Crippen LogP contribution < -0.4 is 5.32 Å². The van der Waals surface area contributed by atoms with Crippen LogP contribution in [0.15, 0.2) is 48.7 Å². The molecule has 30 heavy (non-hydrogen) atoms. The first-order chi connectivity index (χ1) is 14.4. The van der Waals surface area contributed by atoms with Gasteiger partial charge < -0.3 is 10.1 Å². The lowest BCUT2D eigenvalue weighted by molar-refractivity contribution is 0.0535. The molecule has 150 valence electrons. The molecule has 0 aliphatic carbocycles. The first-order valence-electron chi connectivity index (χ1n) is 9.65. The fraction of sp³-hybridized carbons (Fsp3) is 0.227. The molecule has 1 aliphatic rings. The molecule has 8 nitrogen and oxygen atoms in total. The second kappa shape index (κ2) is 6.62. The molecule has 1 aliphatic heterocycles. The number of esters is 1. The summed E-state index contributed by atoms with van der Waals surface area (Å²) in [7, 11) is 0. The van der Waals surface area contributed by atoms with E-state index in [0.29, 0.717) is 22.7 Å². The van der Waals surface area contributed by atoms with E-state index >= 15 is 0 Å². The summed E-state index contributed by atoms with van der Waals surface area (Å²) in [5, 5.41) is 11.6. The van der Waals surface area contributed by atoms with E-state index in [9.17, 15) is 4.79 Å². The van der Waals surface area contributed by atoms with Crippen LogP contribution in [0.1, 0.15) is 42.3 Å². The molecule has 5 rings (SSSR count). The summed E-state index contributed by atoms with van der Waals surface area (Å²) in [6, 6.07) is 13.6. The summed E-state index contributed by atoms with van der Waals surface area (Å²) in [5.74, 6) is 0.129. The number of fused-ring (bicyclic) bond motifs is 2. The maximum Gasteiger partial charge on any atom is 0.338 e. The molecule has 0 saturated heterocycles. The first kappa shape index (κ1) is 18.2. The quantitative estimate of drug-likeness (QED) is 0.521. The SMILES string of the molecule is CC(C)(C)c1ccc(-n2nnc3cnc(Nc4ccc5c(c4)COC5=O)nc32)cc1. The highest BCUT2D eigenvalue weighted by atomic mass is 16.5. The number of hydrogen-bond donors (Lipinski definition) is 1. The lowest BCUT2D eigenvalue weighted by atomic mass is 9.87. The predicted molar refractivity (Wildman–Crippen MR) is 112 cm³/mol. The molecule has 4 aromatic rings. The molecule has 0 atom stereocenters. The largest absolute Gasteiger partial charge is 0.457 e. The Morgan fingerprint density at radius 3 is 2.67 bits per heavy atom. The fourth-order valence-corrected chi connectivity index (χ4v) is 3.41. The molecule has 3 heterocycles. The van der Waals surface area contributed by atoms with Gasteiger partial charge in [0.05, 0.1) is 17.4 Å². The normalized spacial score (nSPS) is 13.4. The Bertz CT molecular complexity index is 1270. The van der Waals surface area contributed by atoms with Crippen molar-refractivity contribution in [2.75, 3.05) is 5.32 Å². The monoisotopic (exact) mass is 400 g/mol. The Balaban J connectivity index is 1.47. The number of carbonyl (C=O) groups is 1. The van der Waals surface area contributed by atoms with Crippen LogP contribution in [-0.4, -0.2) is 30.9 Å². The van der Waals surface area contributed by atoms with Gasteiger partial charge in [0.15, 0.2) is 11.2 Å². The van der Waals surface area contributed by atoms with Crippen molar-refractivity contribution in [2.45, 2.75) is 32.8 Å². The molecule has 0 bridgehead atoms. The molecule has 0 unspecified atom stereocenters. The van der Waals surface area contributed by atoms with Crippen LogP contribution in [-0.2, 0) is 16.8 Å². The summed E-state index contributed by atoms with van der Waals surface area (Å²) < 4.78 is 6.75. The van der Waals surface area contributed by atoms with Crippen LogP contribution in [0.3, 0.4) is 0 Å². The molecule has 2 aromatic heterocycles. The summed E-state index contributed by atoms with van der Waals surface area (Å²) in [6.45, 7) is 6.82. The Morgan fingerprint density at radius 2 is 1.90 bits per heavy atom. The molecular formula is C22H20N6O2. The fourth-order valence-electron chi connectivity index (χ4n) is 3.41. The highest BCUT2D eigenvalue weighted by Gasteiger charge is 2.21. The number of ether oxygens (including phenoxy) is 1. The Kier molecular flexibility index (Phi) is 4.02. The maximum absolute atomic E-state index is 11.6. The molecule has 1 N–H and O–H groups in total. The van der Waals surface area contributed by atoms with Gasteiger partial charge in [0.2, 0.25) is 5.95 Å². The van der Waals surface area contributed by atoms with Gasteiger partial charge in [-0.2, -0.15) is 9.67 Å². The summed E-state index contributed by atoms with van der Waals surface area (Å²) in [6.07, 6.45) is 1.64. The summed E-state index contributed by atoms with van der Waals surface area (Å²) >= 11 is 0. The van der Waals surface area contributed by atoms with Gasteiger partial charge >= 0.3 is 5.97 Å². The lowest BCUT2D eigenvalue weighted by Crippen LogP contribution is -2.11. The zero-order valence-corrected chi connectivity index (χ0v) is 16.9. The van der Waals surface area contributed by atoms with Crippen molar-refractivity contribution < 1.29 is 9.53 Å². The van der Waals surface area contributed by atoms with E-state index in [4.69, 9.17) is 4.74 Å². The number of carbonyl (C=O) groups excluding carboxylic acids is 1. The smallest absolute Gasteiger partial charge is 0.338 e. The van der Waals surface area contributed by atoms with Gasteiger partial charge in [-0.15, -0.1) is 5.10 Å². The van der Waals surface area contributed by atoms with Crippen LogP contribution in [0.5, 0.6) is 0 Å². The highest BCUT2D eigenvalue weighted by molar-refractivity contribution is 5.94. The average Bonchev–Trinajstić information content (AvgIpc) is 3.31. The van der Waals surface area contributed by atoms with Gasteiger partial charge in [-0.05, 0) is 41.3 Å². The molecule has 8 heteroatoms. The second-order valence-electron chi connectivity index (χ2n) is 8.27. The third-order valence-corrected chi connectivity index (χ3v) is 5.11. The van der Waals surface area contributed by atoms with Crippen molar-refractivity contribution in [3.8, 4) is 5.69 Å². The minimum Gasteiger partial charge on any atom is -0.457 e. The van der Waals surface area contributed by atoms with Crippen LogP contribution in [0.25, 0.3) is 16.9 Å². The van der Waals surface area contributed by atoms with Gasteiger partial charge in [0, 0.05) is 11.3 Å². The minimum absolute atomic E-state index is 0.0771. The molecule has 2 aromatic carbocycles. The summed E-state index contributed by atoms with van der Waals surface area (Å²) in [4.78, 5) is 20.5. The zero-order valence-electron chi connectivity index (χ0n) is 16.9. The van der Waals surface area contributed by atoms with E-state index in [2.05, 4.69) is 58.5 Å². The number of cyclic esters (lactones) is 1. The van der Waals surface area contributed by atoms with Crippen molar-refractivity contribution in [2.24, 2.45) is 0 Å². The summed E-state index contributed by atoms with van der Waals surface area (Å²) in [5.41, 5.74) is 5.63. The van der Waals surface area contributed by atoms with E-state index in [1.165, 1.54) is 5.56 Å². The lowest BCUT2D eigenvalue weighted by Gasteiger charge is -2.19. The van der Waals surface area contributed by atoms with Crippen molar-refractivity contribution in [3.05, 3.63) is 65.4 Å². The zero-order chi connectivity index (χ0) is 20.9. The predicted octanol–water partition coefficient (Wildman–Crippen LogP) is 3.92. The molecule has 0 amide bonds. The van der Waals surface area contributed by atoms with Crippen molar-refractivity contribution in [1.82, 2.24) is 25.0 Å². The minimum atomic E-state index is -0.290. The maximum atomic E-state index is 11.6. The Labute approximate surface area is 172 Å². The van der Waals surface area contributed by atoms with Crippen LogP contribution in [0.2, 0.25) is 0 Å². The number of anilines is 2. The second-order valence-corrected chi connectivity index (χ2v) is 8.27. The van der Waals surface area contributed by atoms with Crippen LogP contribution in [0, 0.1) is 0 Å². The van der Waals surface area contributed by atoms with Gasteiger partial charge in [-0.3, -0.25) is 0 Å². The van der Waals surface area contributed by atoms with Gasteiger partial charge in [-0.1, -0.05) is 38.1 Å². The van der Waals surface area contributed by atoms with Crippen LogP contribution >= 0.6 is 0 Å². The van der Waals surface area contributed by atoms with E-state index in [1.807, 2.05) is 18.2 Å². The highest BCUT2D eigenvalue weighted by Crippen LogP contribution is 2.26. The number of nitrogens with zero attached hydrogens (tertiary/aromatic N) is 5. The van der Waals surface area contributed by atoms with Gasteiger partial charge in [0.1, 0.15) is 6.61 Å². The third-order valence-electron chi connectivity index (χ3n) is 5.11. The number of hydrogen-bond acceptors (Lipinski definition) is 7. The third kappa shape index (κ3) is 3.16. The van der Waals surface area contributed by atoms with E-state index in [0.717, 1.165) is 16.9 Å². The van der Waals surface area contributed by atoms with Crippen LogP contribution in [0.4, 0.5) is 11.6 Å². The Morgan fingerprint density at radius 1 is 1.10 bits per heavy atom. The number of nitrogens with one attached hydrogen (secondary N) is 1. The molecule has 0 fully saturated rings. The number of aromatic nitrogens is 5. The van der Waals surface area contributed by atoms with E-state index < -0.39 is 0 Å². The molecular weight excluding hydrogens is 380 g/mol. The van der Waals surface area contributed by atoms with Gasteiger partial charge in [0.25, 0.3) is 0 Å². The van der Waals surface area contributed by atoms with Crippen molar-refractivity contribution in [1.29, 1.82) is 0 Å². The average molecular weight is 400 g/mol. The van der Waals surface area contributed by atoms with Crippen molar-refractivity contribution in [3.63, 3.8) is 0 Å². The number of benzene rings is 2. The Hall–Kier alpha value is -3.81.